The number of ether oxygens (including phenoxy) is 2. The zero-order valence-electron chi connectivity index (χ0n) is 15.9. The number of ketones is 1. The molecular formula is C20H34O5. The van der Waals surface area contributed by atoms with Crippen LogP contribution in [-0.4, -0.2) is 31.4 Å². The minimum Gasteiger partial charge on any atom is -0.468 e. The smallest absolute Gasteiger partial charge is 0.323 e. The van der Waals surface area contributed by atoms with Crippen LogP contribution in [0.25, 0.3) is 0 Å². The lowest BCUT2D eigenvalue weighted by Crippen LogP contribution is -2.41. The third-order valence-corrected chi connectivity index (χ3v) is 5.04. The van der Waals surface area contributed by atoms with Gasteiger partial charge < -0.3 is 9.47 Å². The molecule has 0 unspecified atom stereocenters. The highest BCUT2D eigenvalue weighted by molar-refractivity contribution is 6.07. The van der Waals surface area contributed by atoms with Gasteiger partial charge in [0, 0.05) is 6.42 Å². The number of methoxy groups -OCH3 is 1. The van der Waals surface area contributed by atoms with E-state index in [0.717, 1.165) is 19.3 Å². The summed E-state index contributed by atoms with van der Waals surface area (Å²) in [6.45, 7) is 2.06. The average molecular weight is 354 g/mol. The number of cyclic esters (lactones) is 1. The second kappa shape index (κ2) is 12.0. The molecule has 0 aromatic rings. The van der Waals surface area contributed by atoms with Gasteiger partial charge in [0.2, 0.25) is 0 Å². The molecule has 0 saturated carbocycles. The minimum absolute atomic E-state index is 0.171. The van der Waals surface area contributed by atoms with Gasteiger partial charge in [0.05, 0.1) is 13.5 Å². The van der Waals surface area contributed by atoms with Crippen LogP contribution in [0.4, 0.5) is 0 Å². The van der Waals surface area contributed by atoms with E-state index in [2.05, 4.69) is 6.92 Å². The fourth-order valence-electron chi connectivity index (χ4n) is 3.36. The highest BCUT2D eigenvalue weighted by Gasteiger charge is 2.53. The molecule has 0 spiro atoms. The van der Waals surface area contributed by atoms with Crippen molar-refractivity contribution in [1.29, 1.82) is 0 Å². The van der Waals surface area contributed by atoms with Crippen LogP contribution in [0.15, 0.2) is 0 Å². The standard InChI is InChI=1S/C20H34O5/c1-3-4-5-6-7-8-9-10-11-12-13-14-17(21)20(19(23)24-2)15-18(22)25-16-20/h3-16H2,1-2H3/t20-/m0/s1. The summed E-state index contributed by atoms with van der Waals surface area (Å²) in [6, 6.07) is 0. The van der Waals surface area contributed by atoms with E-state index in [4.69, 9.17) is 9.47 Å². The second-order valence-electron chi connectivity index (χ2n) is 7.12. The number of rotatable bonds is 14. The maximum Gasteiger partial charge on any atom is 0.323 e. The van der Waals surface area contributed by atoms with Crippen molar-refractivity contribution >= 4 is 17.7 Å². The predicted molar refractivity (Wildman–Crippen MR) is 96.1 cm³/mol. The quantitative estimate of drug-likeness (QED) is 0.263. The molecule has 0 amide bonds. The van der Waals surface area contributed by atoms with Crippen molar-refractivity contribution in [3.63, 3.8) is 0 Å². The number of carbonyl (C=O) groups is 3. The third-order valence-electron chi connectivity index (χ3n) is 5.04. The molecule has 5 heteroatoms. The first-order chi connectivity index (χ1) is 12.1. The fourth-order valence-corrected chi connectivity index (χ4v) is 3.36. The number of carbonyl (C=O) groups excluding carboxylic acids is 3. The van der Waals surface area contributed by atoms with Crippen LogP contribution in [0.1, 0.15) is 90.4 Å². The molecule has 1 aliphatic heterocycles. The molecule has 1 atom stereocenters. The zero-order chi connectivity index (χ0) is 18.5. The molecule has 1 rings (SSSR count). The Hall–Kier alpha value is -1.39. The summed E-state index contributed by atoms with van der Waals surface area (Å²) in [5, 5.41) is 0. The van der Waals surface area contributed by atoms with Crippen LogP contribution in [0.5, 0.6) is 0 Å². The first-order valence-electron chi connectivity index (χ1n) is 9.84. The minimum atomic E-state index is -1.40. The molecular weight excluding hydrogens is 320 g/mol. The summed E-state index contributed by atoms with van der Waals surface area (Å²) in [4.78, 5) is 35.8. The summed E-state index contributed by atoms with van der Waals surface area (Å²) in [6.07, 6.45) is 13.4. The first kappa shape index (κ1) is 21.7. The van der Waals surface area contributed by atoms with Crippen molar-refractivity contribution < 1.29 is 23.9 Å². The SMILES string of the molecule is CCCCCCCCCCCCCC(=O)[C@@]1(C(=O)OC)COC(=O)C1. The Morgan fingerprint density at radius 2 is 1.48 bits per heavy atom. The Bertz CT molecular complexity index is 432. The Morgan fingerprint density at radius 1 is 0.960 bits per heavy atom. The molecule has 1 heterocycles. The van der Waals surface area contributed by atoms with Crippen LogP contribution in [0.2, 0.25) is 0 Å². The molecule has 0 aromatic heterocycles. The Labute approximate surface area is 151 Å². The van der Waals surface area contributed by atoms with E-state index in [1.807, 2.05) is 0 Å². The van der Waals surface area contributed by atoms with Gasteiger partial charge in [0.15, 0.2) is 11.2 Å². The van der Waals surface area contributed by atoms with Crippen molar-refractivity contribution in [1.82, 2.24) is 0 Å². The number of Topliss-reactive ketones (excluding diaryl/α,β-unsaturated/α-hetero) is 1. The predicted octanol–water partition coefficient (Wildman–Crippen LogP) is 4.36. The van der Waals surface area contributed by atoms with Gasteiger partial charge in [-0.05, 0) is 6.42 Å². The first-order valence-corrected chi connectivity index (χ1v) is 9.84. The van der Waals surface area contributed by atoms with E-state index in [-0.39, 0.29) is 18.8 Å². The summed E-state index contributed by atoms with van der Waals surface area (Å²) in [5.41, 5.74) is -1.40. The van der Waals surface area contributed by atoms with Gasteiger partial charge in [0.25, 0.3) is 0 Å². The van der Waals surface area contributed by atoms with Crippen LogP contribution in [-0.2, 0) is 23.9 Å². The fraction of sp³-hybridized carbons (Fsp3) is 0.850. The molecule has 0 aromatic carbocycles. The molecule has 144 valence electrons. The van der Waals surface area contributed by atoms with Crippen LogP contribution < -0.4 is 0 Å². The maximum atomic E-state index is 12.4. The van der Waals surface area contributed by atoms with Gasteiger partial charge in [0.1, 0.15) is 6.61 Å². The number of hydrogen-bond donors (Lipinski definition) is 0. The largest absolute Gasteiger partial charge is 0.468 e. The monoisotopic (exact) mass is 354 g/mol. The van der Waals surface area contributed by atoms with Gasteiger partial charge >= 0.3 is 11.9 Å². The van der Waals surface area contributed by atoms with E-state index in [1.165, 1.54) is 58.5 Å². The van der Waals surface area contributed by atoms with Crippen molar-refractivity contribution in [3.05, 3.63) is 0 Å². The second-order valence-corrected chi connectivity index (χ2v) is 7.12. The average Bonchev–Trinajstić information content (AvgIpc) is 3.02. The van der Waals surface area contributed by atoms with Gasteiger partial charge in [-0.1, -0.05) is 71.1 Å². The van der Waals surface area contributed by atoms with E-state index < -0.39 is 17.4 Å². The Kier molecular flexibility index (Phi) is 10.4. The molecule has 0 bridgehead atoms. The number of unbranched alkanes of at least 4 members (excludes halogenated alkanes) is 10. The molecule has 1 saturated heterocycles. The molecule has 25 heavy (non-hydrogen) atoms. The van der Waals surface area contributed by atoms with Crippen molar-refractivity contribution in [2.24, 2.45) is 5.41 Å². The number of esters is 2. The topological polar surface area (TPSA) is 69.7 Å². The van der Waals surface area contributed by atoms with Crippen molar-refractivity contribution in [2.75, 3.05) is 13.7 Å². The van der Waals surface area contributed by atoms with E-state index in [1.54, 1.807) is 0 Å². The molecule has 0 radical (unpaired) electrons. The van der Waals surface area contributed by atoms with Crippen LogP contribution >= 0.6 is 0 Å². The molecule has 0 N–H and O–H groups in total. The Morgan fingerprint density at radius 3 is 1.92 bits per heavy atom. The summed E-state index contributed by atoms with van der Waals surface area (Å²) in [7, 11) is 1.24. The normalized spacial score (nSPS) is 19.7. The lowest BCUT2D eigenvalue weighted by Gasteiger charge is -2.21. The van der Waals surface area contributed by atoms with Gasteiger partial charge in [-0.15, -0.1) is 0 Å². The van der Waals surface area contributed by atoms with Gasteiger partial charge in [-0.25, -0.2) is 0 Å². The Balaban J connectivity index is 2.13. The molecule has 0 aliphatic carbocycles. The van der Waals surface area contributed by atoms with Gasteiger partial charge in [-0.3, -0.25) is 14.4 Å². The summed E-state index contributed by atoms with van der Waals surface area (Å²) >= 11 is 0. The lowest BCUT2D eigenvalue weighted by molar-refractivity contribution is -0.158. The molecule has 1 fully saturated rings. The van der Waals surface area contributed by atoms with Crippen molar-refractivity contribution in [3.8, 4) is 0 Å². The number of hydrogen-bond acceptors (Lipinski definition) is 5. The summed E-state index contributed by atoms with van der Waals surface area (Å²) in [5.74, 6) is -1.37. The summed E-state index contributed by atoms with van der Waals surface area (Å²) < 4.78 is 9.58. The van der Waals surface area contributed by atoms with Crippen molar-refractivity contribution in [2.45, 2.75) is 90.4 Å². The van der Waals surface area contributed by atoms with E-state index in [9.17, 15) is 14.4 Å². The van der Waals surface area contributed by atoms with Gasteiger partial charge in [-0.2, -0.15) is 0 Å². The molecule has 1 aliphatic rings. The highest BCUT2D eigenvalue weighted by Crippen LogP contribution is 2.34. The van der Waals surface area contributed by atoms with E-state index >= 15 is 0 Å². The van der Waals surface area contributed by atoms with E-state index in [0.29, 0.717) is 6.42 Å². The third kappa shape index (κ3) is 7.17. The zero-order valence-corrected chi connectivity index (χ0v) is 15.9. The maximum absolute atomic E-state index is 12.4. The lowest BCUT2D eigenvalue weighted by atomic mass is 9.80. The van der Waals surface area contributed by atoms with Crippen LogP contribution in [0, 0.1) is 5.41 Å². The van der Waals surface area contributed by atoms with Crippen LogP contribution in [0.3, 0.4) is 0 Å². The highest BCUT2D eigenvalue weighted by atomic mass is 16.6. The molecule has 5 nitrogen and oxygen atoms in total.